The molecule has 0 aliphatic heterocycles. The van der Waals surface area contributed by atoms with E-state index < -0.39 is 5.97 Å². The van der Waals surface area contributed by atoms with Crippen LogP contribution in [0.2, 0.25) is 0 Å². The Labute approximate surface area is 116 Å². The van der Waals surface area contributed by atoms with Crippen molar-refractivity contribution in [3.63, 3.8) is 0 Å². The number of nitrogens with zero attached hydrogens (tertiary/aromatic N) is 3. The normalized spacial score (nSPS) is 10.9. The van der Waals surface area contributed by atoms with Gasteiger partial charge in [-0.3, -0.25) is 9.20 Å². The highest BCUT2D eigenvalue weighted by atomic mass is 32.2. The first kappa shape index (κ1) is 12.2. The Morgan fingerprint density at radius 1 is 1.47 bits per heavy atom. The van der Waals surface area contributed by atoms with Crippen LogP contribution >= 0.6 is 23.1 Å². The van der Waals surface area contributed by atoms with Gasteiger partial charge in [-0.25, -0.2) is 9.97 Å². The summed E-state index contributed by atoms with van der Waals surface area (Å²) in [6.07, 6.45) is 3.60. The van der Waals surface area contributed by atoms with Crippen molar-refractivity contribution < 1.29 is 9.90 Å². The molecule has 0 aliphatic carbocycles. The number of fused-ring (bicyclic) bond motifs is 1. The monoisotopic (exact) mass is 291 g/mol. The molecule has 3 rings (SSSR count). The quantitative estimate of drug-likeness (QED) is 0.800. The number of hydrogen-bond acceptors (Lipinski definition) is 5. The Hall–Kier alpha value is -1.86. The molecule has 3 heterocycles. The van der Waals surface area contributed by atoms with E-state index in [0.29, 0.717) is 5.69 Å². The van der Waals surface area contributed by atoms with Crippen molar-refractivity contribution in [2.45, 2.75) is 15.8 Å². The molecule has 1 N–H and O–H groups in total. The smallest absolute Gasteiger partial charge is 0.309 e. The van der Waals surface area contributed by atoms with Gasteiger partial charge in [-0.2, -0.15) is 0 Å². The van der Waals surface area contributed by atoms with E-state index in [4.69, 9.17) is 5.11 Å². The summed E-state index contributed by atoms with van der Waals surface area (Å²) in [5, 5.41) is 11.5. The van der Waals surface area contributed by atoms with Crippen LogP contribution in [0.15, 0.2) is 45.3 Å². The van der Waals surface area contributed by atoms with Crippen molar-refractivity contribution in [1.29, 1.82) is 0 Å². The van der Waals surface area contributed by atoms with Crippen LogP contribution in [0.5, 0.6) is 0 Å². The molecular formula is C12H9N3O2S2. The number of carboxylic acids is 1. The van der Waals surface area contributed by atoms with E-state index in [-0.39, 0.29) is 6.42 Å². The molecule has 3 aromatic heterocycles. The highest BCUT2D eigenvalue weighted by molar-refractivity contribution is 8.01. The summed E-state index contributed by atoms with van der Waals surface area (Å²) in [6.45, 7) is 0. The Kier molecular flexibility index (Phi) is 3.22. The van der Waals surface area contributed by atoms with Gasteiger partial charge < -0.3 is 5.11 Å². The zero-order chi connectivity index (χ0) is 13.2. The molecule has 0 fully saturated rings. The SMILES string of the molecule is O=C(O)Cc1csc(Sc2cccc3nccn23)n1. The maximum Gasteiger partial charge on any atom is 0.309 e. The molecule has 19 heavy (non-hydrogen) atoms. The minimum absolute atomic E-state index is 0.0354. The molecule has 0 aliphatic rings. The van der Waals surface area contributed by atoms with E-state index in [0.717, 1.165) is 15.0 Å². The molecule has 0 spiro atoms. The van der Waals surface area contributed by atoms with Crippen LogP contribution in [0.25, 0.3) is 5.65 Å². The van der Waals surface area contributed by atoms with E-state index in [2.05, 4.69) is 9.97 Å². The third-order valence-corrected chi connectivity index (χ3v) is 4.48. The van der Waals surface area contributed by atoms with E-state index in [9.17, 15) is 4.79 Å². The minimum atomic E-state index is -0.862. The largest absolute Gasteiger partial charge is 0.481 e. The Bertz CT molecular complexity index is 735. The lowest BCUT2D eigenvalue weighted by Gasteiger charge is -2.01. The van der Waals surface area contributed by atoms with Gasteiger partial charge in [0.2, 0.25) is 0 Å². The fraction of sp³-hybridized carbons (Fsp3) is 0.0833. The molecule has 0 amide bonds. The van der Waals surface area contributed by atoms with E-state index in [1.54, 1.807) is 11.6 Å². The molecule has 7 heteroatoms. The molecule has 96 valence electrons. The first-order chi connectivity index (χ1) is 9.22. The highest BCUT2D eigenvalue weighted by Gasteiger charge is 2.09. The van der Waals surface area contributed by atoms with Crippen LogP contribution in [0.1, 0.15) is 5.69 Å². The zero-order valence-electron chi connectivity index (χ0n) is 9.68. The van der Waals surface area contributed by atoms with Gasteiger partial charge in [-0.1, -0.05) is 6.07 Å². The number of hydrogen-bond donors (Lipinski definition) is 1. The maximum atomic E-state index is 10.6. The molecular weight excluding hydrogens is 282 g/mol. The number of carboxylic acid groups (broad SMARTS) is 1. The van der Waals surface area contributed by atoms with Gasteiger partial charge in [-0.05, 0) is 23.9 Å². The van der Waals surface area contributed by atoms with Crippen LogP contribution in [0.3, 0.4) is 0 Å². The second-order valence-electron chi connectivity index (χ2n) is 3.80. The first-order valence-corrected chi connectivity index (χ1v) is 7.18. The summed E-state index contributed by atoms with van der Waals surface area (Å²) < 4.78 is 2.81. The third kappa shape index (κ3) is 2.61. The van der Waals surface area contributed by atoms with Crippen molar-refractivity contribution in [3.05, 3.63) is 41.7 Å². The van der Waals surface area contributed by atoms with Gasteiger partial charge in [0, 0.05) is 17.8 Å². The molecule has 0 aromatic carbocycles. The molecule has 5 nitrogen and oxygen atoms in total. The Balaban J connectivity index is 1.86. The predicted octanol–water partition coefficient (Wildman–Crippen LogP) is 2.57. The lowest BCUT2D eigenvalue weighted by molar-refractivity contribution is -0.136. The Morgan fingerprint density at radius 2 is 2.37 bits per heavy atom. The topological polar surface area (TPSA) is 67.5 Å². The molecule has 0 unspecified atom stereocenters. The second-order valence-corrected chi connectivity index (χ2v) is 5.92. The summed E-state index contributed by atoms with van der Waals surface area (Å²) >= 11 is 2.96. The lowest BCUT2D eigenvalue weighted by Crippen LogP contribution is -1.99. The predicted molar refractivity (Wildman–Crippen MR) is 72.8 cm³/mol. The van der Waals surface area contributed by atoms with Gasteiger partial charge in [-0.15, -0.1) is 11.3 Å². The van der Waals surface area contributed by atoms with E-state index in [1.807, 2.05) is 28.8 Å². The van der Waals surface area contributed by atoms with Crippen LogP contribution in [0, 0.1) is 0 Å². The van der Waals surface area contributed by atoms with Crippen LogP contribution in [-0.2, 0) is 11.2 Å². The number of aromatic nitrogens is 3. The number of aliphatic carboxylic acids is 1. The van der Waals surface area contributed by atoms with Gasteiger partial charge in [0.05, 0.1) is 17.1 Å². The molecule has 0 atom stereocenters. The van der Waals surface area contributed by atoms with Crippen molar-refractivity contribution in [2.75, 3.05) is 0 Å². The summed E-state index contributed by atoms with van der Waals surface area (Å²) in [7, 11) is 0. The summed E-state index contributed by atoms with van der Waals surface area (Å²) in [6, 6.07) is 5.86. The molecule has 0 saturated carbocycles. The fourth-order valence-electron chi connectivity index (χ4n) is 1.67. The van der Waals surface area contributed by atoms with E-state index in [1.165, 1.54) is 23.1 Å². The average Bonchev–Trinajstić information content (AvgIpc) is 2.98. The van der Waals surface area contributed by atoms with Crippen LogP contribution in [-0.4, -0.2) is 25.4 Å². The number of pyridine rings is 1. The van der Waals surface area contributed by atoms with Gasteiger partial charge in [0.15, 0.2) is 4.34 Å². The summed E-state index contributed by atoms with van der Waals surface area (Å²) in [5.41, 5.74) is 1.48. The van der Waals surface area contributed by atoms with Crippen molar-refractivity contribution in [1.82, 2.24) is 14.4 Å². The molecule has 0 radical (unpaired) electrons. The standard InChI is InChI=1S/C12H9N3O2S2/c16-11(17)6-8-7-18-12(14-8)19-10-3-1-2-9-13-4-5-15(9)10/h1-5,7H,6H2,(H,16,17). The first-order valence-electron chi connectivity index (χ1n) is 5.48. The van der Waals surface area contributed by atoms with Crippen molar-refractivity contribution in [2.24, 2.45) is 0 Å². The highest BCUT2D eigenvalue weighted by Crippen LogP contribution is 2.30. The Morgan fingerprint density at radius 3 is 3.21 bits per heavy atom. The molecule has 0 saturated heterocycles. The summed E-state index contributed by atoms with van der Waals surface area (Å²) in [4.78, 5) is 19.1. The average molecular weight is 291 g/mol. The summed E-state index contributed by atoms with van der Waals surface area (Å²) in [5.74, 6) is -0.862. The maximum absolute atomic E-state index is 10.6. The van der Waals surface area contributed by atoms with Gasteiger partial charge >= 0.3 is 5.97 Å². The number of imidazole rings is 1. The lowest BCUT2D eigenvalue weighted by atomic mass is 10.3. The molecule has 3 aromatic rings. The van der Waals surface area contributed by atoms with Crippen molar-refractivity contribution in [3.8, 4) is 0 Å². The second kappa shape index (κ2) is 5.02. The van der Waals surface area contributed by atoms with Gasteiger partial charge in [0.1, 0.15) is 5.65 Å². The van der Waals surface area contributed by atoms with Crippen LogP contribution in [0.4, 0.5) is 0 Å². The zero-order valence-corrected chi connectivity index (χ0v) is 11.3. The van der Waals surface area contributed by atoms with Crippen LogP contribution < -0.4 is 0 Å². The van der Waals surface area contributed by atoms with Crippen molar-refractivity contribution >= 4 is 34.7 Å². The van der Waals surface area contributed by atoms with Gasteiger partial charge in [0.25, 0.3) is 0 Å². The third-order valence-electron chi connectivity index (χ3n) is 2.45. The van der Waals surface area contributed by atoms with E-state index >= 15 is 0 Å². The number of rotatable bonds is 4. The minimum Gasteiger partial charge on any atom is -0.481 e. The number of thiazole rings is 1. The fourth-order valence-corrected chi connectivity index (χ4v) is 3.54. The molecule has 0 bridgehead atoms. The number of carbonyl (C=O) groups is 1.